The van der Waals surface area contributed by atoms with Gasteiger partial charge in [-0.15, -0.1) is 0 Å². The van der Waals surface area contributed by atoms with Crippen molar-refractivity contribution in [1.29, 1.82) is 0 Å². The summed E-state index contributed by atoms with van der Waals surface area (Å²) in [5.41, 5.74) is 0. The van der Waals surface area contributed by atoms with Crippen LogP contribution >= 0.6 is 0 Å². The molecule has 0 saturated heterocycles. The smallest absolute Gasteiger partial charge is 0.162 e. The van der Waals surface area contributed by atoms with E-state index in [0.717, 1.165) is 42.9 Å². The lowest BCUT2D eigenvalue weighted by atomic mass is 9.60. The van der Waals surface area contributed by atoms with E-state index in [9.17, 15) is 13.2 Å². The van der Waals surface area contributed by atoms with E-state index < -0.39 is 18.5 Å². The van der Waals surface area contributed by atoms with Gasteiger partial charge in [0.15, 0.2) is 6.17 Å². The zero-order valence-corrected chi connectivity index (χ0v) is 16.9. The van der Waals surface area contributed by atoms with E-state index in [4.69, 9.17) is 0 Å². The highest BCUT2D eigenvalue weighted by Crippen LogP contribution is 2.51. The summed E-state index contributed by atoms with van der Waals surface area (Å²) in [7, 11) is 0. The molecular weight excluding hydrogens is 349 g/mol. The van der Waals surface area contributed by atoms with Crippen LogP contribution in [0.1, 0.15) is 84.0 Å². The molecule has 4 heteroatoms. The van der Waals surface area contributed by atoms with Crippen molar-refractivity contribution in [2.24, 2.45) is 41.4 Å². The van der Waals surface area contributed by atoms with Crippen molar-refractivity contribution in [3.05, 3.63) is 0 Å². The quantitative estimate of drug-likeness (QED) is 0.536. The Labute approximate surface area is 163 Å². The van der Waals surface area contributed by atoms with Crippen LogP contribution in [-0.4, -0.2) is 24.0 Å². The third kappa shape index (κ3) is 4.51. The first-order chi connectivity index (χ1) is 12.5. The molecule has 1 nitrogen and oxygen atoms in total. The fourth-order valence-corrected chi connectivity index (χ4v) is 7.14. The topological polar surface area (TPSA) is 31.5 Å². The maximum atomic E-state index is 14.2. The summed E-state index contributed by atoms with van der Waals surface area (Å²) < 4.78 is 41.7. The molecule has 4 aliphatic carbocycles. The zero-order chi connectivity index (χ0) is 18.3. The monoisotopic (exact) mass is 388 g/mol. The highest BCUT2D eigenvalue weighted by Gasteiger charge is 2.49. The third-order valence-electron chi connectivity index (χ3n) is 8.88. The number of hydrogen-bond acceptors (Lipinski definition) is 0. The second-order valence-electron chi connectivity index (χ2n) is 10.3. The molecule has 0 amide bonds. The van der Waals surface area contributed by atoms with Crippen molar-refractivity contribution < 1.29 is 18.6 Å². The van der Waals surface area contributed by atoms with Gasteiger partial charge in [0, 0.05) is 0 Å². The van der Waals surface area contributed by atoms with Crippen molar-refractivity contribution in [2.45, 2.75) is 102 Å². The molecule has 2 N–H and O–H groups in total. The van der Waals surface area contributed by atoms with E-state index in [0.29, 0.717) is 5.92 Å². The van der Waals surface area contributed by atoms with Gasteiger partial charge in [0.1, 0.15) is 12.3 Å². The summed E-state index contributed by atoms with van der Waals surface area (Å²) in [5, 5.41) is 0. The van der Waals surface area contributed by atoms with E-state index in [2.05, 4.69) is 6.92 Å². The fraction of sp³-hybridized carbons (Fsp3) is 1.00. The van der Waals surface area contributed by atoms with Gasteiger partial charge in [0.2, 0.25) is 0 Å². The molecule has 6 unspecified atom stereocenters. The second-order valence-corrected chi connectivity index (χ2v) is 10.3. The van der Waals surface area contributed by atoms with Crippen LogP contribution in [0.15, 0.2) is 0 Å². The summed E-state index contributed by atoms with van der Waals surface area (Å²) in [6, 6.07) is 0. The van der Waals surface area contributed by atoms with Crippen LogP contribution in [0.25, 0.3) is 0 Å². The minimum absolute atomic E-state index is 0. The molecule has 0 bridgehead atoms. The van der Waals surface area contributed by atoms with Crippen molar-refractivity contribution in [2.75, 3.05) is 0 Å². The number of fused-ring (bicyclic) bond motifs is 1. The van der Waals surface area contributed by atoms with Gasteiger partial charge < -0.3 is 5.48 Å². The molecular formula is C23H39F3O. The molecule has 0 radical (unpaired) electrons. The normalized spacial score (nSPS) is 51.1. The van der Waals surface area contributed by atoms with Gasteiger partial charge in [0.05, 0.1) is 0 Å². The Morgan fingerprint density at radius 1 is 0.519 bits per heavy atom. The molecule has 27 heavy (non-hydrogen) atoms. The molecule has 4 saturated carbocycles. The lowest BCUT2D eigenvalue weighted by molar-refractivity contribution is -0.0580. The van der Waals surface area contributed by atoms with E-state index >= 15 is 0 Å². The highest BCUT2D eigenvalue weighted by atomic mass is 19.2. The van der Waals surface area contributed by atoms with Crippen LogP contribution in [0.3, 0.4) is 0 Å². The number of rotatable bonds is 2. The Morgan fingerprint density at radius 3 is 1.59 bits per heavy atom. The third-order valence-corrected chi connectivity index (χ3v) is 8.88. The minimum atomic E-state index is -1.87. The molecule has 4 fully saturated rings. The Kier molecular flexibility index (Phi) is 7.19. The zero-order valence-electron chi connectivity index (χ0n) is 16.9. The average Bonchev–Trinajstić information content (AvgIpc) is 2.67. The van der Waals surface area contributed by atoms with Crippen molar-refractivity contribution in [3.63, 3.8) is 0 Å². The van der Waals surface area contributed by atoms with Crippen LogP contribution < -0.4 is 0 Å². The molecule has 158 valence electrons. The Bertz CT molecular complexity index is 457. The van der Waals surface area contributed by atoms with Gasteiger partial charge in [-0.2, -0.15) is 0 Å². The molecule has 4 rings (SSSR count). The van der Waals surface area contributed by atoms with Crippen LogP contribution in [0.2, 0.25) is 0 Å². The first-order valence-corrected chi connectivity index (χ1v) is 11.4. The summed E-state index contributed by atoms with van der Waals surface area (Å²) in [4.78, 5) is 0. The molecule has 4 aliphatic rings. The molecule has 6 atom stereocenters. The Balaban J connectivity index is 0.00000210. The summed E-state index contributed by atoms with van der Waals surface area (Å²) >= 11 is 0. The van der Waals surface area contributed by atoms with Crippen LogP contribution in [-0.2, 0) is 0 Å². The molecule has 0 aromatic heterocycles. The maximum Gasteiger partial charge on any atom is 0.162 e. The van der Waals surface area contributed by atoms with Gasteiger partial charge >= 0.3 is 0 Å². The van der Waals surface area contributed by atoms with Crippen LogP contribution in [0.4, 0.5) is 13.2 Å². The first kappa shape index (κ1) is 21.5. The predicted molar refractivity (Wildman–Crippen MR) is 104 cm³/mol. The number of halogens is 3. The Hall–Kier alpha value is -0.250. The van der Waals surface area contributed by atoms with Crippen LogP contribution in [0, 0.1) is 41.4 Å². The number of hydrogen-bond donors (Lipinski definition) is 0. The molecule has 0 spiro atoms. The highest BCUT2D eigenvalue weighted by molar-refractivity contribution is 4.97. The van der Waals surface area contributed by atoms with Gasteiger partial charge in [-0.25, -0.2) is 13.2 Å². The molecule has 0 aromatic rings. The Morgan fingerprint density at radius 2 is 1.00 bits per heavy atom. The van der Waals surface area contributed by atoms with Crippen molar-refractivity contribution in [1.82, 2.24) is 0 Å². The largest absolute Gasteiger partial charge is 0.412 e. The van der Waals surface area contributed by atoms with E-state index in [1.54, 1.807) is 0 Å². The lowest BCUT2D eigenvalue weighted by Crippen LogP contribution is -2.47. The second kappa shape index (κ2) is 9.05. The van der Waals surface area contributed by atoms with Crippen molar-refractivity contribution in [3.8, 4) is 0 Å². The van der Waals surface area contributed by atoms with E-state index in [-0.39, 0.29) is 23.7 Å². The van der Waals surface area contributed by atoms with E-state index in [1.807, 2.05) is 0 Å². The maximum absolute atomic E-state index is 14.2. The lowest BCUT2D eigenvalue weighted by Gasteiger charge is -2.46. The van der Waals surface area contributed by atoms with Gasteiger partial charge in [0.25, 0.3) is 0 Å². The molecule has 0 aliphatic heterocycles. The predicted octanol–water partition coefficient (Wildman–Crippen LogP) is 6.24. The molecule has 0 heterocycles. The minimum Gasteiger partial charge on any atom is -0.412 e. The first-order valence-electron chi connectivity index (χ1n) is 11.4. The summed E-state index contributed by atoms with van der Waals surface area (Å²) in [6.07, 6.45) is 9.13. The van der Waals surface area contributed by atoms with Crippen molar-refractivity contribution >= 4 is 0 Å². The van der Waals surface area contributed by atoms with Gasteiger partial charge in [-0.05, 0) is 106 Å². The summed E-state index contributed by atoms with van der Waals surface area (Å²) in [5.74, 6) is 4.09. The average molecular weight is 389 g/mol. The number of alkyl halides is 3. The van der Waals surface area contributed by atoms with Crippen LogP contribution in [0.5, 0.6) is 0 Å². The fourth-order valence-electron chi connectivity index (χ4n) is 7.14. The summed E-state index contributed by atoms with van der Waals surface area (Å²) in [6.45, 7) is 2.39. The molecule has 0 aromatic carbocycles. The standard InChI is InChI=1S/C23H37F3.H2O/c1-14-2-4-15(5-3-14)16-6-8-17(9-7-16)18-10-11-20-19(12-18)13-21(24)23(26)22(20)25;/h14-23H,2-13H2,1H3;1H2. The van der Waals surface area contributed by atoms with Gasteiger partial charge in [-0.3, -0.25) is 0 Å². The van der Waals surface area contributed by atoms with E-state index in [1.165, 1.54) is 51.4 Å². The van der Waals surface area contributed by atoms with Gasteiger partial charge in [-0.1, -0.05) is 19.8 Å². The SMILES string of the molecule is CC1CCC(C2CCC(C3CCC4C(CC(F)C(F)C4F)C3)CC2)CC1.O.